The molecule has 1 N–H and O–H groups in total. The molecule has 0 aliphatic carbocycles. The Balaban J connectivity index is 2.06. The topological polar surface area (TPSA) is 64.0 Å². The van der Waals surface area contributed by atoms with Crippen LogP contribution < -0.4 is 4.72 Å². The zero-order chi connectivity index (χ0) is 15.6. The molecule has 2 rings (SSSR count). The maximum atomic E-state index is 12.8. The summed E-state index contributed by atoms with van der Waals surface area (Å²) in [6.45, 7) is 3.94. The van der Waals surface area contributed by atoms with Crippen LogP contribution >= 0.6 is 0 Å². The molecule has 0 spiro atoms. The first kappa shape index (κ1) is 15.7. The van der Waals surface area contributed by atoms with E-state index >= 15 is 0 Å². The van der Waals surface area contributed by atoms with Crippen LogP contribution in [0.4, 0.5) is 4.39 Å². The van der Waals surface area contributed by atoms with Crippen molar-refractivity contribution in [2.24, 2.45) is 7.05 Å². The minimum atomic E-state index is -3.48. The van der Waals surface area contributed by atoms with Crippen LogP contribution in [0.25, 0.3) is 0 Å². The Hall–Kier alpha value is -1.73. The summed E-state index contributed by atoms with van der Waals surface area (Å²) in [5, 5.41) is 4.25. The number of aromatic nitrogens is 2. The Morgan fingerprint density at radius 2 is 1.86 bits per heavy atom. The van der Waals surface area contributed by atoms with Gasteiger partial charge in [0.2, 0.25) is 10.0 Å². The summed E-state index contributed by atoms with van der Waals surface area (Å²) >= 11 is 0. The van der Waals surface area contributed by atoms with E-state index < -0.39 is 10.0 Å². The van der Waals surface area contributed by atoms with E-state index in [0.29, 0.717) is 5.56 Å². The van der Waals surface area contributed by atoms with Crippen molar-refractivity contribution in [3.8, 4) is 0 Å². The van der Waals surface area contributed by atoms with Crippen molar-refractivity contribution in [1.82, 2.24) is 14.5 Å². The van der Waals surface area contributed by atoms with E-state index in [1.54, 1.807) is 4.68 Å². The van der Waals surface area contributed by atoms with Crippen LogP contribution in [-0.4, -0.2) is 18.2 Å². The first-order chi connectivity index (χ1) is 9.78. The number of halogens is 1. The van der Waals surface area contributed by atoms with Gasteiger partial charge in [-0.05, 0) is 31.5 Å². The van der Waals surface area contributed by atoms with Crippen LogP contribution in [-0.2, 0) is 29.4 Å². The summed E-state index contributed by atoms with van der Waals surface area (Å²) < 4.78 is 41.2. The van der Waals surface area contributed by atoms with Crippen LogP contribution in [0.5, 0.6) is 0 Å². The minimum absolute atomic E-state index is 0.175. The molecule has 0 saturated heterocycles. The molecule has 0 atom stereocenters. The molecule has 114 valence electrons. The summed E-state index contributed by atoms with van der Waals surface area (Å²) in [7, 11) is -1.66. The zero-order valence-corrected chi connectivity index (χ0v) is 13.0. The molecular formula is C14H18FN3O2S. The SMILES string of the molecule is Cc1nn(C)c(C)c1CNS(=O)(=O)Cc1ccc(F)cc1. The Morgan fingerprint density at radius 3 is 2.38 bits per heavy atom. The number of sulfonamides is 1. The van der Waals surface area contributed by atoms with Gasteiger partial charge in [0.05, 0.1) is 11.4 Å². The van der Waals surface area contributed by atoms with E-state index in [1.165, 1.54) is 24.3 Å². The van der Waals surface area contributed by atoms with Crippen LogP contribution in [0.3, 0.4) is 0 Å². The molecule has 1 heterocycles. The van der Waals surface area contributed by atoms with Gasteiger partial charge in [-0.3, -0.25) is 4.68 Å². The van der Waals surface area contributed by atoms with E-state index in [1.807, 2.05) is 20.9 Å². The molecule has 0 aliphatic heterocycles. The molecular weight excluding hydrogens is 293 g/mol. The third-order valence-corrected chi connectivity index (χ3v) is 4.70. The lowest BCUT2D eigenvalue weighted by Crippen LogP contribution is -2.25. The van der Waals surface area contributed by atoms with E-state index in [2.05, 4.69) is 9.82 Å². The number of nitrogens with zero attached hydrogens (tertiary/aromatic N) is 2. The van der Waals surface area contributed by atoms with Crippen LogP contribution in [0.15, 0.2) is 24.3 Å². The normalized spacial score (nSPS) is 11.8. The largest absolute Gasteiger partial charge is 0.272 e. The van der Waals surface area contributed by atoms with Crippen LogP contribution in [0.1, 0.15) is 22.5 Å². The smallest absolute Gasteiger partial charge is 0.216 e. The number of benzene rings is 1. The van der Waals surface area contributed by atoms with Crippen LogP contribution in [0, 0.1) is 19.7 Å². The van der Waals surface area contributed by atoms with Gasteiger partial charge < -0.3 is 0 Å². The molecule has 1 aromatic carbocycles. The Bertz CT molecular complexity index is 736. The lowest BCUT2D eigenvalue weighted by molar-refractivity contribution is 0.579. The summed E-state index contributed by atoms with van der Waals surface area (Å²) in [5.74, 6) is -0.559. The summed E-state index contributed by atoms with van der Waals surface area (Å²) in [6, 6.07) is 5.44. The Morgan fingerprint density at radius 1 is 1.24 bits per heavy atom. The third kappa shape index (κ3) is 3.89. The molecule has 0 bridgehead atoms. The summed E-state index contributed by atoms with van der Waals surface area (Å²) in [4.78, 5) is 0. The van der Waals surface area contributed by atoms with E-state index in [0.717, 1.165) is 17.0 Å². The standard InChI is InChI=1S/C14H18FN3O2S/c1-10-14(11(2)18(3)17-10)8-16-21(19,20)9-12-4-6-13(15)7-5-12/h4-7,16H,8-9H2,1-3H3. The van der Waals surface area contributed by atoms with Gasteiger partial charge in [-0.2, -0.15) is 5.10 Å². The highest BCUT2D eigenvalue weighted by Gasteiger charge is 2.15. The molecule has 2 aromatic rings. The third-order valence-electron chi connectivity index (χ3n) is 3.40. The quantitative estimate of drug-likeness (QED) is 0.916. The van der Waals surface area contributed by atoms with Crippen molar-refractivity contribution in [1.29, 1.82) is 0 Å². The highest BCUT2D eigenvalue weighted by molar-refractivity contribution is 7.88. The van der Waals surface area contributed by atoms with E-state index in [-0.39, 0.29) is 18.1 Å². The molecule has 7 heteroatoms. The monoisotopic (exact) mass is 311 g/mol. The fourth-order valence-corrected chi connectivity index (χ4v) is 3.20. The minimum Gasteiger partial charge on any atom is -0.272 e. The second kappa shape index (κ2) is 5.95. The first-order valence-electron chi connectivity index (χ1n) is 6.49. The Kier molecular flexibility index (Phi) is 4.43. The summed E-state index contributed by atoms with van der Waals surface area (Å²) in [6.07, 6.45) is 0. The maximum absolute atomic E-state index is 12.8. The first-order valence-corrected chi connectivity index (χ1v) is 8.14. The highest BCUT2D eigenvalue weighted by atomic mass is 32.2. The lowest BCUT2D eigenvalue weighted by atomic mass is 10.2. The van der Waals surface area contributed by atoms with E-state index in [4.69, 9.17) is 0 Å². The fourth-order valence-electron chi connectivity index (χ4n) is 2.11. The van der Waals surface area contributed by atoms with Gasteiger partial charge in [-0.15, -0.1) is 0 Å². The van der Waals surface area contributed by atoms with Crippen molar-refractivity contribution in [2.75, 3.05) is 0 Å². The number of nitrogens with one attached hydrogen (secondary N) is 1. The average Bonchev–Trinajstić information content (AvgIpc) is 2.64. The predicted molar refractivity (Wildman–Crippen MR) is 78.5 cm³/mol. The molecule has 0 aliphatic rings. The average molecular weight is 311 g/mol. The lowest BCUT2D eigenvalue weighted by Gasteiger charge is -2.07. The fraction of sp³-hybridized carbons (Fsp3) is 0.357. The van der Waals surface area contributed by atoms with Gasteiger partial charge in [-0.1, -0.05) is 12.1 Å². The zero-order valence-electron chi connectivity index (χ0n) is 12.2. The second-order valence-electron chi connectivity index (χ2n) is 4.98. The number of rotatable bonds is 5. The van der Waals surface area contributed by atoms with Crippen molar-refractivity contribution >= 4 is 10.0 Å². The number of hydrogen-bond donors (Lipinski definition) is 1. The van der Waals surface area contributed by atoms with Crippen molar-refractivity contribution < 1.29 is 12.8 Å². The van der Waals surface area contributed by atoms with Gasteiger partial charge in [0.1, 0.15) is 5.82 Å². The maximum Gasteiger partial charge on any atom is 0.216 e. The van der Waals surface area contributed by atoms with Gasteiger partial charge in [0.25, 0.3) is 0 Å². The van der Waals surface area contributed by atoms with Gasteiger partial charge in [-0.25, -0.2) is 17.5 Å². The van der Waals surface area contributed by atoms with Gasteiger partial charge >= 0.3 is 0 Å². The molecule has 0 radical (unpaired) electrons. The van der Waals surface area contributed by atoms with Gasteiger partial charge in [0.15, 0.2) is 0 Å². The second-order valence-corrected chi connectivity index (χ2v) is 6.79. The molecule has 1 aromatic heterocycles. The van der Waals surface area contributed by atoms with Crippen molar-refractivity contribution in [2.45, 2.75) is 26.1 Å². The molecule has 0 saturated carbocycles. The van der Waals surface area contributed by atoms with Crippen molar-refractivity contribution in [3.63, 3.8) is 0 Å². The van der Waals surface area contributed by atoms with E-state index in [9.17, 15) is 12.8 Å². The number of aryl methyl sites for hydroxylation is 2. The Labute approximate surface area is 123 Å². The predicted octanol–water partition coefficient (Wildman–Crippen LogP) is 1.80. The summed E-state index contributed by atoms with van der Waals surface area (Å²) in [5.41, 5.74) is 3.15. The molecule has 0 unspecified atom stereocenters. The highest BCUT2D eigenvalue weighted by Crippen LogP contribution is 2.13. The van der Waals surface area contributed by atoms with Crippen molar-refractivity contribution in [3.05, 3.63) is 52.6 Å². The van der Waals surface area contributed by atoms with Gasteiger partial charge in [0, 0.05) is 24.8 Å². The van der Waals surface area contributed by atoms with Crippen LogP contribution in [0.2, 0.25) is 0 Å². The molecule has 5 nitrogen and oxygen atoms in total. The number of hydrogen-bond acceptors (Lipinski definition) is 3. The molecule has 0 fully saturated rings. The molecule has 21 heavy (non-hydrogen) atoms. The molecule has 0 amide bonds.